The van der Waals surface area contributed by atoms with E-state index in [-0.39, 0.29) is 18.1 Å². The van der Waals surface area contributed by atoms with E-state index < -0.39 is 0 Å². The number of carbonyl (C=O) groups is 1. The Morgan fingerprint density at radius 3 is 3.06 bits per heavy atom. The molecule has 0 aromatic heterocycles. The van der Waals surface area contributed by atoms with Gasteiger partial charge in [-0.1, -0.05) is 13.3 Å². The van der Waals surface area contributed by atoms with E-state index in [0.717, 1.165) is 44.5 Å². The van der Waals surface area contributed by atoms with E-state index in [4.69, 9.17) is 4.74 Å². The van der Waals surface area contributed by atoms with Crippen molar-refractivity contribution in [3.8, 4) is 0 Å². The van der Waals surface area contributed by atoms with E-state index in [9.17, 15) is 4.79 Å². The standard InChI is InChI=1S/C12H20N2O2/c1-2-5-10-12(15)14-11(13-10)8-9-6-3-4-7-16-9/h9-10H,2-8H2,1H3,(H,13,14,15). The predicted molar refractivity (Wildman–Crippen MR) is 62.5 cm³/mol. The summed E-state index contributed by atoms with van der Waals surface area (Å²) >= 11 is 0. The average molecular weight is 224 g/mol. The average Bonchev–Trinajstić information content (AvgIpc) is 2.61. The lowest BCUT2D eigenvalue weighted by Gasteiger charge is -2.22. The van der Waals surface area contributed by atoms with Crippen molar-refractivity contribution in [1.82, 2.24) is 5.32 Å². The third kappa shape index (κ3) is 2.82. The lowest BCUT2D eigenvalue weighted by atomic mass is 10.1. The molecule has 4 heteroatoms. The van der Waals surface area contributed by atoms with E-state index in [0.29, 0.717) is 0 Å². The Morgan fingerprint density at radius 1 is 1.50 bits per heavy atom. The van der Waals surface area contributed by atoms with Gasteiger partial charge in [-0.3, -0.25) is 9.79 Å². The van der Waals surface area contributed by atoms with Gasteiger partial charge in [-0.05, 0) is 25.7 Å². The molecule has 0 aliphatic carbocycles. The van der Waals surface area contributed by atoms with E-state index in [1.54, 1.807) is 0 Å². The highest BCUT2D eigenvalue weighted by Crippen LogP contribution is 2.18. The molecular weight excluding hydrogens is 204 g/mol. The van der Waals surface area contributed by atoms with E-state index >= 15 is 0 Å². The Bertz CT molecular complexity index is 283. The number of amidine groups is 1. The molecule has 1 fully saturated rings. The second-order valence-electron chi connectivity index (χ2n) is 4.56. The maximum Gasteiger partial charge on any atom is 0.250 e. The van der Waals surface area contributed by atoms with Gasteiger partial charge in [0.25, 0.3) is 0 Å². The zero-order valence-corrected chi connectivity index (χ0v) is 9.87. The summed E-state index contributed by atoms with van der Waals surface area (Å²) in [5.41, 5.74) is 0. The van der Waals surface area contributed by atoms with Gasteiger partial charge in [-0.15, -0.1) is 0 Å². The van der Waals surface area contributed by atoms with Crippen molar-refractivity contribution in [1.29, 1.82) is 0 Å². The maximum atomic E-state index is 11.5. The van der Waals surface area contributed by atoms with Crippen molar-refractivity contribution in [3.05, 3.63) is 0 Å². The van der Waals surface area contributed by atoms with Crippen LogP contribution in [0, 0.1) is 0 Å². The third-order valence-corrected chi connectivity index (χ3v) is 3.14. The number of hydrogen-bond donors (Lipinski definition) is 1. The zero-order chi connectivity index (χ0) is 11.4. The van der Waals surface area contributed by atoms with Gasteiger partial charge < -0.3 is 10.1 Å². The molecule has 2 aliphatic rings. The van der Waals surface area contributed by atoms with Crippen LogP contribution < -0.4 is 5.32 Å². The van der Waals surface area contributed by atoms with Gasteiger partial charge in [0.15, 0.2) is 0 Å². The van der Waals surface area contributed by atoms with Crippen LogP contribution in [0.2, 0.25) is 0 Å². The largest absolute Gasteiger partial charge is 0.378 e. The monoisotopic (exact) mass is 224 g/mol. The van der Waals surface area contributed by atoms with Crippen molar-refractivity contribution in [3.63, 3.8) is 0 Å². The van der Waals surface area contributed by atoms with Crippen LogP contribution in [0.15, 0.2) is 4.99 Å². The number of aliphatic imine (C=N–C) groups is 1. The van der Waals surface area contributed by atoms with Gasteiger partial charge in [0.1, 0.15) is 11.9 Å². The summed E-state index contributed by atoms with van der Waals surface area (Å²) in [7, 11) is 0. The summed E-state index contributed by atoms with van der Waals surface area (Å²) < 4.78 is 5.64. The Morgan fingerprint density at radius 2 is 2.38 bits per heavy atom. The lowest BCUT2D eigenvalue weighted by molar-refractivity contribution is -0.120. The van der Waals surface area contributed by atoms with Crippen LogP contribution in [0.5, 0.6) is 0 Å². The topological polar surface area (TPSA) is 50.7 Å². The van der Waals surface area contributed by atoms with E-state index in [1.807, 2.05) is 0 Å². The van der Waals surface area contributed by atoms with Gasteiger partial charge in [-0.25, -0.2) is 0 Å². The number of amides is 1. The quantitative estimate of drug-likeness (QED) is 0.789. The fourth-order valence-corrected chi connectivity index (χ4v) is 2.26. The van der Waals surface area contributed by atoms with Gasteiger partial charge in [-0.2, -0.15) is 0 Å². The van der Waals surface area contributed by atoms with Crippen molar-refractivity contribution in [2.24, 2.45) is 4.99 Å². The lowest BCUT2D eigenvalue weighted by Crippen LogP contribution is -2.32. The molecule has 90 valence electrons. The van der Waals surface area contributed by atoms with Crippen LogP contribution >= 0.6 is 0 Å². The summed E-state index contributed by atoms with van der Waals surface area (Å²) in [5.74, 6) is 0.892. The van der Waals surface area contributed by atoms with Crippen molar-refractivity contribution in [2.75, 3.05) is 6.61 Å². The normalized spacial score (nSPS) is 30.1. The first kappa shape index (κ1) is 11.6. The number of rotatable bonds is 4. The molecular formula is C12H20N2O2. The molecule has 0 saturated carbocycles. The minimum atomic E-state index is -0.149. The predicted octanol–water partition coefficient (Wildman–Crippen LogP) is 1.64. The van der Waals surface area contributed by atoms with Gasteiger partial charge in [0, 0.05) is 13.0 Å². The summed E-state index contributed by atoms with van der Waals surface area (Å²) in [6.07, 6.45) is 6.35. The number of hydrogen-bond acceptors (Lipinski definition) is 3. The molecule has 1 saturated heterocycles. The molecule has 1 N–H and O–H groups in total. The fraction of sp³-hybridized carbons (Fsp3) is 0.833. The summed E-state index contributed by atoms with van der Waals surface area (Å²) in [6.45, 7) is 2.93. The van der Waals surface area contributed by atoms with Crippen LogP contribution in [0.25, 0.3) is 0 Å². The van der Waals surface area contributed by atoms with Crippen LogP contribution in [-0.2, 0) is 9.53 Å². The van der Waals surface area contributed by atoms with Crippen molar-refractivity contribution >= 4 is 11.7 Å². The number of nitrogens with zero attached hydrogens (tertiary/aromatic N) is 1. The molecule has 2 heterocycles. The summed E-state index contributed by atoms with van der Waals surface area (Å²) in [5, 5.41) is 2.87. The number of ether oxygens (including phenoxy) is 1. The van der Waals surface area contributed by atoms with Gasteiger partial charge in [0.2, 0.25) is 5.91 Å². The van der Waals surface area contributed by atoms with E-state index in [1.165, 1.54) is 6.42 Å². The van der Waals surface area contributed by atoms with Crippen LogP contribution in [0.1, 0.15) is 45.4 Å². The number of carbonyl (C=O) groups excluding carboxylic acids is 1. The van der Waals surface area contributed by atoms with Crippen LogP contribution in [0.4, 0.5) is 0 Å². The maximum absolute atomic E-state index is 11.5. The molecule has 2 unspecified atom stereocenters. The zero-order valence-electron chi connectivity index (χ0n) is 9.87. The Labute approximate surface area is 96.5 Å². The van der Waals surface area contributed by atoms with Crippen molar-refractivity contribution in [2.45, 2.75) is 57.6 Å². The van der Waals surface area contributed by atoms with Gasteiger partial charge >= 0.3 is 0 Å². The molecule has 0 bridgehead atoms. The smallest absolute Gasteiger partial charge is 0.250 e. The molecule has 1 amide bonds. The highest BCUT2D eigenvalue weighted by atomic mass is 16.5. The second kappa shape index (κ2) is 5.43. The minimum Gasteiger partial charge on any atom is -0.378 e. The molecule has 0 aromatic rings. The van der Waals surface area contributed by atoms with E-state index in [2.05, 4.69) is 17.2 Å². The first-order chi connectivity index (χ1) is 7.79. The first-order valence-corrected chi connectivity index (χ1v) is 6.28. The molecule has 4 nitrogen and oxygen atoms in total. The Kier molecular flexibility index (Phi) is 3.93. The van der Waals surface area contributed by atoms with Crippen LogP contribution in [-0.4, -0.2) is 30.5 Å². The highest BCUT2D eigenvalue weighted by Gasteiger charge is 2.27. The summed E-state index contributed by atoms with van der Waals surface area (Å²) in [4.78, 5) is 16.0. The fourth-order valence-electron chi connectivity index (χ4n) is 2.26. The minimum absolute atomic E-state index is 0.0626. The first-order valence-electron chi connectivity index (χ1n) is 6.28. The molecule has 0 aromatic carbocycles. The van der Waals surface area contributed by atoms with Gasteiger partial charge in [0.05, 0.1) is 6.10 Å². The third-order valence-electron chi connectivity index (χ3n) is 3.14. The highest BCUT2D eigenvalue weighted by molar-refractivity contribution is 6.05. The molecule has 0 radical (unpaired) electrons. The molecule has 2 rings (SSSR count). The Hall–Kier alpha value is -0.900. The SMILES string of the molecule is CCCC1N=C(CC2CCCCO2)NC1=O. The molecule has 2 atom stereocenters. The molecule has 2 aliphatic heterocycles. The number of nitrogens with one attached hydrogen (secondary N) is 1. The Balaban J connectivity index is 1.85. The van der Waals surface area contributed by atoms with Crippen molar-refractivity contribution < 1.29 is 9.53 Å². The molecule has 0 spiro atoms. The second-order valence-corrected chi connectivity index (χ2v) is 4.56. The summed E-state index contributed by atoms with van der Waals surface area (Å²) in [6, 6.07) is -0.149. The molecule has 16 heavy (non-hydrogen) atoms. The van der Waals surface area contributed by atoms with Crippen LogP contribution in [0.3, 0.4) is 0 Å².